The fourth-order valence-corrected chi connectivity index (χ4v) is 9.58. The maximum absolute atomic E-state index is 10.3. The van der Waals surface area contributed by atoms with Crippen LogP contribution < -0.4 is 13.9 Å². The molecule has 0 amide bonds. The molecule has 9 aromatic rings. The third-order valence-corrected chi connectivity index (χ3v) is 12.5. The Morgan fingerprint density at radius 2 is 1.34 bits per heavy atom. The summed E-state index contributed by atoms with van der Waals surface area (Å²) in [6, 6.07) is 35.8. The highest BCUT2D eigenvalue weighted by atomic mass is 16.5. The summed E-state index contributed by atoms with van der Waals surface area (Å²) in [5.74, 6) is -0.831. The smallest absolute Gasteiger partial charge is 0.392 e. The second kappa shape index (κ2) is 12.7. The number of aryl methyl sites for hydroxylation is 1. The normalized spacial score (nSPS) is 19.9. The molecule has 5 heterocycles. The Morgan fingerprint density at radius 3 is 2.11 bits per heavy atom. The topological polar surface area (TPSA) is 21.9 Å². The maximum atomic E-state index is 10.3. The maximum Gasteiger partial charge on any atom is 0.499 e. The van der Waals surface area contributed by atoms with Gasteiger partial charge in [-0.1, -0.05) is 150 Å². The number of rotatable bonds is 4. The van der Waals surface area contributed by atoms with Gasteiger partial charge in [-0.2, -0.15) is 4.57 Å². The molecule has 3 aliphatic rings. The number of para-hydroxylation sites is 2. The lowest BCUT2D eigenvalue weighted by molar-refractivity contribution is -0.997. The molecule has 0 N–H and O–H groups in total. The van der Waals surface area contributed by atoms with Crippen molar-refractivity contribution in [2.24, 2.45) is 0 Å². The number of fused-ring (bicyclic) bond motifs is 5. The third-order valence-electron chi connectivity index (χ3n) is 12.5. The number of nitrogens with zero attached hydrogens (tertiary/aromatic N) is 3. The molecule has 1 unspecified atom stereocenters. The lowest BCUT2D eigenvalue weighted by Crippen LogP contribution is -2.78. The lowest BCUT2D eigenvalue weighted by atomic mass is 9.85. The molecule has 300 valence electrons. The molecule has 3 aliphatic heterocycles. The van der Waals surface area contributed by atoms with E-state index in [9.17, 15) is 9.60 Å². The predicted octanol–water partition coefficient (Wildman–Crippen LogP) is 13.3. The number of hydrogen-bond donors (Lipinski definition) is 0. The molecule has 1 spiro atoms. The molecule has 4 heteroatoms. The van der Waals surface area contributed by atoms with Gasteiger partial charge in [-0.3, -0.25) is 0 Å². The van der Waals surface area contributed by atoms with Gasteiger partial charge >= 0.3 is 11.7 Å². The van der Waals surface area contributed by atoms with E-state index in [-0.39, 0.29) is 11.1 Å². The van der Waals surface area contributed by atoms with Crippen molar-refractivity contribution in [3.63, 3.8) is 0 Å². The molecular weight excluding hydrogens is 755 g/mol. The summed E-state index contributed by atoms with van der Waals surface area (Å²) in [5, 5.41) is 0. The van der Waals surface area contributed by atoms with Gasteiger partial charge in [-0.05, 0) is 105 Å². The van der Waals surface area contributed by atoms with Gasteiger partial charge in [0.25, 0.3) is 0 Å². The van der Waals surface area contributed by atoms with E-state index in [2.05, 4.69) is 67.8 Å². The van der Waals surface area contributed by atoms with Crippen molar-refractivity contribution >= 4 is 11.0 Å². The standard InChI is InChI=1S/C58H49N3O/c1-36-20-29-49(46(32-36)39-23-27-43(28-24-39)57(5,6)7)60-50-18-13-17-44-47-33-41(37-14-9-8-10-15-37)34-48-51-35-40(38-21-25-42(26-22-38)56(2,3)4)30-31-59(51)58(53(47)48)61(54(44)50)55(60)45-16-11-12-19-52(45)62-58/h8-35H,1-7H3/q+2/i2D3,3D3,4D3,21D,22D,25D,26D,30D,31D,35D. The quantitative estimate of drug-likeness (QED) is 0.162. The first kappa shape index (κ1) is 23.8. The van der Waals surface area contributed by atoms with Crippen LogP contribution in [0.15, 0.2) is 170 Å². The number of hydrogen-bond acceptors (Lipinski definition) is 1. The van der Waals surface area contributed by atoms with Gasteiger partial charge < -0.3 is 4.74 Å². The van der Waals surface area contributed by atoms with Gasteiger partial charge in [-0.25, -0.2) is 0 Å². The fraction of sp³-hybridized carbons (Fsp3) is 0.172. The molecule has 7 aromatic carbocycles. The summed E-state index contributed by atoms with van der Waals surface area (Å²) in [6.07, 6.45) is -0.574. The molecule has 2 aromatic heterocycles. The van der Waals surface area contributed by atoms with Gasteiger partial charge in [0.15, 0.2) is 17.2 Å². The van der Waals surface area contributed by atoms with Crippen LogP contribution in [0.4, 0.5) is 0 Å². The zero-order valence-corrected chi connectivity index (χ0v) is 34.4. The first-order valence-electron chi connectivity index (χ1n) is 28.6. The number of pyridine rings is 1. The van der Waals surface area contributed by atoms with Gasteiger partial charge in [0.05, 0.1) is 13.8 Å². The molecule has 1 atom stereocenters. The number of ether oxygens (including phenoxy) is 1. The number of aromatic nitrogens is 3. The minimum atomic E-state index is -3.93. The molecule has 0 saturated carbocycles. The van der Waals surface area contributed by atoms with Crippen LogP contribution in [0.5, 0.6) is 5.75 Å². The van der Waals surface area contributed by atoms with Gasteiger partial charge in [0.2, 0.25) is 5.69 Å². The molecule has 12 rings (SSSR count). The van der Waals surface area contributed by atoms with Crippen molar-refractivity contribution in [3.8, 4) is 78.6 Å². The highest BCUT2D eigenvalue weighted by Crippen LogP contribution is 2.54. The number of benzene rings is 7. The number of imidazole rings is 1. The SMILES string of the molecule is [2H]c1c([2H])c(C(C([2H])([2H])[2H])(C([2H])([2H])[2H])C([2H])([2H])[2H])c([2H])c([2H])c1-c1c([2H])c([2H])[n+]2c(c1[2H])-c1cc(-c3ccccc3)cc3c1C21Oc2ccccc2-c2n(-c4ccc(C)cc4-c4ccc(C(C)(C)C)cc4)c4cccc-3c4[n+]21. The van der Waals surface area contributed by atoms with Crippen LogP contribution in [0, 0.1) is 6.92 Å². The summed E-state index contributed by atoms with van der Waals surface area (Å²) in [6.45, 7) is -3.22. The van der Waals surface area contributed by atoms with E-state index in [1.807, 2.05) is 96.4 Å². The van der Waals surface area contributed by atoms with E-state index >= 15 is 0 Å². The Labute approximate surface area is 386 Å². The van der Waals surface area contributed by atoms with E-state index in [0.717, 1.165) is 39.0 Å². The van der Waals surface area contributed by atoms with Gasteiger partial charge in [-0.15, -0.1) is 9.13 Å². The lowest BCUT2D eigenvalue weighted by Gasteiger charge is -2.32. The van der Waals surface area contributed by atoms with Gasteiger partial charge in [0, 0.05) is 41.1 Å². The second-order valence-electron chi connectivity index (χ2n) is 17.5. The van der Waals surface area contributed by atoms with Crippen LogP contribution >= 0.6 is 0 Å². The van der Waals surface area contributed by atoms with Gasteiger partial charge in [0.1, 0.15) is 23.9 Å². The first-order chi connectivity index (χ1) is 36.6. The second-order valence-corrected chi connectivity index (χ2v) is 17.5. The summed E-state index contributed by atoms with van der Waals surface area (Å²) in [4.78, 5) is 0. The van der Waals surface area contributed by atoms with Crippen molar-refractivity contribution in [1.29, 1.82) is 0 Å². The van der Waals surface area contributed by atoms with Crippen LogP contribution in [0.25, 0.3) is 83.9 Å². The molecule has 4 nitrogen and oxygen atoms in total. The van der Waals surface area contributed by atoms with Crippen molar-refractivity contribution in [2.75, 3.05) is 0 Å². The van der Waals surface area contributed by atoms with Crippen molar-refractivity contribution < 1.29 is 35.8 Å². The predicted molar refractivity (Wildman–Crippen MR) is 252 cm³/mol. The highest BCUT2D eigenvalue weighted by molar-refractivity contribution is 5.99. The molecule has 0 aliphatic carbocycles. The Kier molecular flexibility index (Phi) is 4.90. The average Bonchev–Trinajstić information content (AvgIpc) is 3.31. The van der Waals surface area contributed by atoms with Crippen LogP contribution in [0.3, 0.4) is 0 Å². The van der Waals surface area contributed by atoms with Crippen molar-refractivity contribution in [1.82, 2.24) is 4.57 Å². The summed E-state index contributed by atoms with van der Waals surface area (Å²) < 4.78 is 156. The zero-order valence-electron chi connectivity index (χ0n) is 50.4. The Bertz CT molecular complexity index is 4030. The largest absolute Gasteiger partial charge is 0.499 e. The molecule has 62 heavy (non-hydrogen) atoms. The molecule has 0 saturated heterocycles. The Morgan fingerprint density at radius 1 is 0.597 bits per heavy atom. The Hall–Kier alpha value is -7.04. The average molecular weight is 820 g/mol. The van der Waals surface area contributed by atoms with Crippen molar-refractivity contribution in [2.45, 2.75) is 64.9 Å². The molecular formula is C58H49N3O+2. The van der Waals surface area contributed by atoms with Crippen LogP contribution in [-0.4, -0.2) is 4.57 Å². The molecule has 0 radical (unpaired) electrons. The monoisotopic (exact) mass is 819 g/mol. The van der Waals surface area contributed by atoms with Crippen LogP contribution in [0.1, 0.15) is 85.5 Å². The van der Waals surface area contributed by atoms with E-state index in [4.69, 9.17) is 17.1 Å². The van der Waals surface area contributed by atoms with E-state index in [1.54, 1.807) is 0 Å². The van der Waals surface area contributed by atoms with Crippen LogP contribution in [0.2, 0.25) is 0 Å². The molecule has 0 bridgehead atoms. The Balaban J connectivity index is 1.22. The fourth-order valence-electron chi connectivity index (χ4n) is 9.58. The van der Waals surface area contributed by atoms with E-state index in [1.165, 1.54) is 10.1 Å². The third kappa shape index (κ3) is 5.13. The minimum Gasteiger partial charge on any atom is -0.392 e. The summed E-state index contributed by atoms with van der Waals surface area (Å²) >= 11 is 0. The van der Waals surface area contributed by atoms with Crippen LogP contribution in [-0.2, 0) is 16.7 Å². The minimum absolute atomic E-state index is 0.00397. The van der Waals surface area contributed by atoms with E-state index in [0.29, 0.717) is 44.9 Å². The summed E-state index contributed by atoms with van der Waals surface area (Å²) in [5.41, 5.74) is 4.35. The van der Waals surface area contributed by atoms with E-state index < -0.39 is 90.9 Å². The summed E-state index contributed by atoms with van der Waals surface area (Å²) in [7, 11) is 0. The molecule has 0 fully saturated rings. The van der Waals surface area contributed by atoms with Crippen molar-refractivity contribution in [3.05, 3.63) is 192 Å². The highest BCUT2D eigenvalue weighted by Gasteiger charge is 2.68. The zero-order chi connectivity index (χ0) is 55.9. The first-order valence-corrected chi connectivity index (χ1v) is 20.6.